The average Bonchev–Trinajstić information content (AvgIpc) is 2.00. The molecule has 2 heteroatoms. The molecular weight excluding hydrogens is 148 g/mol. The number of hydrogen-bond acceptors (Lipinski definition) is 2. The van der Waals surface area contributed by atoms with Crippen molar-refractivity contribution in [2.24, 2.45) is 5.92 Å². The largest absolute Gasteiger partial charge is 0.311 e. The van der Waals surface area contributed by atoms with Gasteiger partial charge >= 0.3 is 0 Å². The number of hydrogen-bond donors (Lipinski definition) is 1. The molecule has 0 aromatic heterocycles. The molecule has 0 aliphatic carbocycles. The zero-order chi connectivity index (χ0) is 9.61. The summed E-state index contributed by atoms with van der Waals surface area (Å²) in [5, 5.41) is 12.0. The number of nitrogens with zero attached hydrogens (tertiary/aromatic N) is 1. The Balaban J connectivity index is 3.68. The average molecular weight is 168 g/mol. The van der Waals surface area contributed by atoms with Gasteiger partial charge in [0, 0.05) is 12.1 Å². The van der Waals surface area contributed by atoms with Crippen LogP contribution in [0.15, 0.2) is 0 Å². The second kappa shape index (κ2) is 5.16. The van der Waals surface area contributed by atoms with Crippen LogP contribution in [0, 0.1) is 17.2 Å². The van der Waals surface area contributed by atoms with Gasteiger partial charge in [-0.1, -0.05) is 13.3 Å². The third kappa shape index (κ3) is 5.15. The summed E-state index contributed by atoms with van der Waals surface area (Å²) in [5.74, 6) is 0.112. The van der Waals surface area contributed by atoms with Gasteiger partial charge in [0.05, 0.1) is 12.0 Å². The Hall–Kier alpha value is -0.550. The Morgan fingerprint density at radius 3 is 2.50 bits per heavy atom. The zero-order valence-electron chi connectivity index (χ0n) is 8.65. The highest BCUT2D eigenvalue weighted by Crippen LogP contribution is 2.10. The smallest absolute Gasteiger partial charge is 0.0666 e. The fourth-order valence-corrected chi connectivity index (χ4v) is 1.19. The summed E-state index contributed by atoms with van der Waals surface area (Å²) < 4.78 is 0. The predicted molar refractivity (Wildman–Crippen MR) is 51.8 cm³/mol. The van der Waals surface area contributed by atoms with Crippen LogP contribution in [-0.2, 0) is 0 Å². The second-order valence-electron chi connectivity index (χ2n) is 4.04. The predicted octanol–water partition coefficient (Wildman–Crippen LogP) is 2.31. The van der Waals surface area contributed by atoms with Crippen molar-refractivity contribution < 1.29 is 0 Å². The molecule has 0 aliphatic heterocycles. The molecule has 0 fully saturated rings. The molecule has 0 spiro atoms. The molecule has 12 heavy (non-hydrogen) atoms. The first-order valence-corrected chi connectivity index (χ1v) is 4.66. The first kappa shape index (κ1) is 11.4. The maximum atomic E-state index is 8.57. The van der Waals surface area contributed by atoms with E-state index in [9.17, 15) is 0 Å². The SMILES string of the molecule is CCCC(C)(C)NCC(C)C#N. The van der Waals surface area contributed by atoms with E-state index in [1.165, 1.54) is 6.42 Å². The number of nitriles is 1. The highest BCUT2D eigenvalue weighted by molar-refractivity contribution is 4.84. The molecule has 1 atom stereocenters. The summed E-state index contributed by atoms with van der Waals surface area (Å²) in [6.45, 7) is 9.27. The van der Waals surface area contributed by atoms with E-state index in [1.54, 1.807) is 0 Å². The highest BCUT2D eigenvalue weighted by atomic mass is 14.9. The third-order valence-corrected chi connectivity index (χ3v) is 1.98. The van der Waals surface area contributed by atoms with E-state index in [1.807, 2.05) is 6.92 Å². The topological polar surface area (TPSA) is 35.8 Å². The summed E-state index contributed by atoms with van der Waals surface area (Å²) in [5.41, 5.74) is 0.180. The lowest BCUT2D eigenvalue weighted by molar-refractivity contribution is 0.347. The fraction of sp³-hybridized carbons (Fsp3) is 0.900. The monoisotopic (exact) mass is 168 g/mol. The van der Waals surface area contributed by atoms with Crippen LogP contribution >= 0.6 is 0 Å². The minimum atomic E-state index is 0.112. The highest BCUT2D eigenvalue weighted by Gasteiger charge is 2.15. The maximum absolute atomic E-state index is 8.57. The molecule has 0 aromatic rings. The number of nitrogens with one attached hydrogen (secondary N) is 1. The molecule has 0 aliphatic rings. The van der Waals surface area contributed by atoms with E-state index in [-0.39, 0.29) is 11.5 Å². The molecular formula is C10H20N2. The van der Waals surface area contributed by atoms with Crippen LogP contribution in [0.2, 0.25) is 0 Å². The molecule has 0 heterocycles. The van der Waals surface area contributed by atoms with Crippen LogP contribution in [0.1, 0.15) is 40.5 Å². The maximum Gasteiger partial charge on any atom is 0.0666 e. The van der Waals surface area contributed by atoms with Gasteiger partial charge in [0.15, 0.2) is 0 Å². The van der Waals surface area contributed by atoms with Crippen molar-refractivity contribution in [3.63, 3.8) is 0 Å². The minimum Gasteiger partial charge on any atom is -0.311 e. The Morgan fingerprint density at radius 1 is 1.50 bits per heavy atom. The van der Waals surface area contributed by atoms with Crippen molar-refractivity contribution in [3.05, 3.63) is 0 Å². The first-order valence-electron chi connectivity index (χ1n) is 4.66. The lowest BCUT2D eigenvalue weighted by Crippen LogP contribution is -2.41. The standard InChI is InChI=1S/C10H20N2/c1-5-6-10(3,4)12-8-9(2)7-11/h9,12H,5-6,8H2,1-4H3. The summed E-state index contributed by atoms with van der Waals surface area (Å²) in [6.07, 6.45) is 2.34. The molecule has 0 aromatic carbocycles. The van der Waals surface area contributed by atoms with Gasteiger partial charge < -0.3 is 5.32 Å². The lowest BCUT2D eigenvalue weighted by Gasteiger charge is -2.26. The lowest BCUT2D eigenvalue weighted by atomic mass is 9.98. The van der Waals surface area contributed by atoms with Crippen LogP contribution in [0.5, 0.6) is 0 Å². The van der Waals surface area contributed by atoms with Gasteiger partial charge in [0.25, 0.3) is 0 Å². The van der Waals surface area contributed by atoms with Crippen molar-refractivity contribution >= 4 is 0 Å². The van der Waals surface area contributed by atoms with Crippen LogP contribution in [-0.4, -0.2) is 12.1 Å². The Bertz CT molecular complexity index is 156. The van der Waals surface area contributed by atoms with Crippen LogP contribution < -0.4 is 5.32 Å². The third-order valence-electron chi connectivity index (χ3n) is 1.98. The quantitative estimate of drug-likeness (QED) is 0.683. The zero-order valence-corrected chi connectivity index (χ0v) is 8.65. The summed E-state index contributed by atoms with van der Waals surface area (Å²) >= 11 is 0. The molecule has 0 amide bonds. The van der Waals surface area contributed by atoms with E-state index < -0.39 is 0 Å². The van der Waals surface area contributed by atoms with E-state index in [2.05, 4.69) is 32.2 Å². The fourth-order valence-electron chi connectivity index (χ4n) is 1.19. The van der Waals surface area contributed by atoms with Crippen molar-refractivity contribution in [2.75, 3.05) is 6.54 Å². The second-order valence-corrected chi connectivity index (χ2v) is 4.04. The van der Waals surface area contributed by atoms with Crippen molar-refractivity contribution in [3.8, 4) is 6.07 Å². The van der Waals surface area contributed by atoms with Crippen LogP contribution in [0.4, 0.5) is 0 Å². The van der Waals surface area contributed by atoms with Crippen LogP contribution in [0.25, 0.3) is 0 Å². The van der Waals surface area contributed by atoms with E-state index >= 15 is 0 Å². The molecule has 0 saturated heterocycles. The summed E-state index contributed by atoms with van der Waals surface area (Å²) in [7, 11) is 0. The molecule has 2 nitrogen and oxygen atoms in total. The van der Waals surface area contributed by atoms with Gasteiger partial charge in [0.1, 0.15) is 0 Å². The summed E-state index contributed by atoms with van der Waals surface area (Å²) in [4.78, 5) is 0. The molecule has 70 valence electrons. The van der Waals surface area contributed by atoms with E-state index in [0.717, 1.165) is 13.0 Å². The van der Waals surface area contributed by atoms with Crippen molar-refractivity contribution in [1.29, 1.82) is 5.26 Å². The van der Waals surface area contributed by atoms with Crippen molar-refractivity contribution in [1.82, 2.24) is 5.32 Å². The molecule has 1 N–H and O–H groups in total. The number of rotatable bonds is 5. The van der Waals surface area contributed by atoms with E-state index in [4.69, 9.17) is 5.26 Å². The summed E-state index contributed by atoms with van der Waals surface area (Å²) in [6, 6.07) is 2.22. The van der Waals surface area contributed by atoms with Gasteiger partial charge in [-0.25, -0.2) is 0 Å². The minimum absolute atomic E-state index is 0.112. The van der Waals surface area contributed by atoms with Gasteiger partial charge in [-0.05, 0) is 27.2 Å². The molecule has 0 bridgehead atoms. The van der Waals surface area contributed by atoms with Gasteiger partial charge in [0.2, 0.25) is 0 Å². The Kier molecular flexibility index (Phi) is 4.92. The molecule has 1 unspecified atom stereocenters. The molecule has 0 saturated carbocycles. The normalized spacial score (nSPS) is 13.9. The van der Waals surface area contributed by atoms with Crippen molar-refractivity contribution in [2.45, 2.75) is 46.1 Å². The Labute approximate surface area is 76.0 Å². The van der Waals surface area contributed by atoms with E-state index in [0.29, 0.717) is 0 Å². The molecule has 0 radical (unpaired) electrons. The van der Waals surface area contributed by atoms with Gasteiger partial charge in [-0.15, -0.1) is 0 Å². The van der Waals surface area contributed by atoms with Gasteiger partial charge in [-0.3, -0.25) is 0 Å². The Morgan fingerprint density at radius 2 is 2.08 bits per heavy atom. The van der Waals surface area contributed by atoms with Crippen LogP contribution in [0.3, 0.4) is 0 Å². The van der Waals surface area contributed by atoms with Gasteiger partial charge in [-0.2, -0.15) is 5.26 Å². The first-order chi connectivity index (χ1) is 5.52. The molecule has 0 rings (SSSR count).